The van der Waals surface area contributed by atoms with Crippen LogP contribution in [-0.4, -0.2) is 32.1 Å². The molecule has 1 amide bonds. The molecule has 0 unspecified atom stereocenters. The molecule has 0 saturated carbocycles. The Morgan fingerprint density at radius 1 is 1.24 bits per heavy atom. The second-order valence-corrected chi connectivity index (χ2v) is 7.66. The third kappa shape index (κ3) is 4.04. The molecule has 1 aliphatic heterocycles. The monoisotopic (exact) mass is 393 g/mol. The van der Waals surface area contributed by atoms with Gasteiger partial charge < -0.3 is 19.3 Å². The maximum atomic E-state index is 12.8. The number of carbonyl (C=O) groups excluding carboxylic acids is 1. The summed E-state index contributed by atoms with van der Waals surface area (Å²) in [6.45, 7) is 8.14. The van der Waals surface area contributed by atoms with Crippen molar-refractivity contribution in [2.45, 2.75) is 53.1 Å². The van der Waals surface area contributed by atoms with Crippen LogP contribution in [0.25, 0.3) is 0 Å². The zero-order valence-corrected chi connectivity index (χ0v) is 17.2. The standard InChI is InChI=1S/C22H27N5O2/c1-15-6-4-7-16(2)21(15)24-22-18-14-27(12-9-19(18)29-25-22)20(28)8-5-11-26-13-10-23-17(26)3/h4,6-7,10,13H,5,8-9,11-12,14H2,1-3H3,(H,24,25). The zero-order chi connectivity index (χ0) is 20.4. The highest BCUT2D eigenvalue weighted by Gasteiger charge is 2.27. The van der Waals surface area contributed by atoms with Gasteiger partial charge in [-0.3, -0.25) is 4.79 Å². The van der Waals surface area contributed by atoms with Crippen molar-refractivity contribution in [1.29, 1.82) is 0 Å². The molecule has 0 saturated heterocycles. The number of fused-ring (bicyclic) bond motifs is 1. The number of imidazole rings is 1. The lowest BCUT2D eigenvalue weighted by Crippen LogP contribution is -2.35. The first-order valence-corrected chi connectivity index (χ1v) is 10.1. The lowest BCUT2D eigenvalue weighted by atomic mass is 10.1. The van der Waals surface area contributed by atoms with Gasteiger partial charge in [0.1, 0.15) is 11.6 Å². The number of aryl methyl sites for hydroxylation is 4. The third-order valence-corrected chi connectivity index (χ3v) is 5.62. The molecular weight excluding hydrogens is 366 g/mol. The Hall–Kier alpha value is -3.09. The van der Waals surface area contributed by atoms with Gasteiger partial charge in [-0.2, -0.15) is 0 Å². The van der Waals surface area contributed by atoms with Gasteiger partial charge in [-0.15, -0.1) is 0 Å². The van der Waals surface area contributed by atoms with Crippen molar-refractivity contribution in [2.24, 2.45) is 0 Å². The van der Waals surface area contributed by atoms with Crippen LogP contribution < -0.4 is 5.32 Å². The van der Waals surface area contributed by atoms with Crippen molar-refractivity contribution in [3.8, 4) is 0 Å². The number of para-hydroxylation sites is 1. The predicted octanol–water partition coefficient (Wildman–Crippen LogP) is 3.91. The van der Waals surface area contributed by atoms with Crippen LogP contribution in [0.2, 0.25) is 0 Å². The lowest BCUT2D eigenvalue weighted by molar-refractivity contribution is -0.132. The fraction of sp³-hybridized carbons (Fsp3) is 0.409. The summed E-state index contributed by atoms with van der Waals surface area (Å²) >= 11 is 0. The molecule has 1 N–H and O–H groups in total. The smallest absolute Gasteiger partial charge is 0.222 e. The number of anilines is 2. The first-order chi connectivity index (χ1) is 14.0. The molecule has 0 radical (unpaired) electrons. The van der Waals surface area contributed by atoms with Crippen LogP contribution >= 0.6 is 0 Å². The van der Waals surface area contributed by atoms with Crippen molar-refractivity contribution in [3.63, 3.8) is 0 Å². The molecule has 152 valence electrons. The molecule has 29 heavy (non-hydrogen) atoms. The summed E-state index contributed by atoms with van der Waals surface area (Å²) in [6, 6.07) is 6.18. The van der Waals surface area contributed by atoms with Gasteiger partial charge in [0.2, 0.25) is 5.91 Å². The zero-order valence-electron chi connectivity index (χ0n) is 17.2. The van der Waals surface area contributed by atoms with E-state index in [1.807, 2.05) is 24.1 Å². The van der Waals surface area contributed by atoms with E-state index in [0.717, 1.165) is 46.9 Å². The largest absolute Gasteiger partial charge is 0.359 e. The van der Waals surface area contributed by atoms with Gasteiger partial charge in [-0.25, -0.2) is 4.98 Å². The van der Waals surface area contributed by atoms with Gasteiger partial charge in [0, 0.05) is 44.0 Å². The minimum absolute atomic E-state index is 0.174. The van der Waals surface area contributed by atoms with Gasteiger partial charge in [0.15, 0.2) is 5.82 Å². The molecule has 7 heteroatoms. The molecule has 3 aromatic rings. The van der Waals surface area contributed by atoms with E-state index in [2.05, 4.69) is 46.0 Å². The number of hydrogen-bond donors (Lipinski definition) is 1. The Balaban J connectivity index is 1.41. The molecule has 0 spiro atoms. The van der Waals surface area contributed by atoms with Crippen LogP contribution in [0.15, 0.2) is 35.1 Å². The first-order valence-electron chi connectivity index (χ1n) is 10.1. The highest BCUT2D eigenvalue weighted by Crippen LogP contribution is 2.31. The fourth-order valence-electron chi connectivity index (χ4n) is 3.85. The van der Waals surface area contributed by atoms with Crippen molar-refractivity contribution in [1.82, 2.24) is 19.6 Å². The van der Waals surface area contributed by atoms with Crippen molar-refractivity contribution in [3.05, 3.63) is 58.9 Å². The lowest BCUT2D eigenvalue weighted by Gasteiger charge is -2.26. The predicted molar refractivity (Wildman–Crippen MR) is 111 cm³/mol. The number of nitrogens with one attached hydrogen (secondary N) is 1. The Labute approximate surface area is 170 Å². The third-order valence-electron chi connectivity index (χ3n) is 5.62. The quantitative estimate of drug-likeness (QED) is 0.687. The van der Waals surface area contributed by atoms with E-state index in [-0.39, 0.29) is 5.91 Å². The van der Waals surface area contributed by atoms with E-state index in [4.69, 9.17) is 4.52 Å². The minimum Gasteiger partial charge on any atom is -0.359 e. The molecule has 0 atom stereocenters. The van der Waals surface area contributed by atoms with Crippen LogP contribution in [0.1, 0.15) is 41.1 Å². The highest BCUT2D eigenvalue weighted by atomic mass is 16.5. The normalized spacial score (nSPS) is 13.4. The molecular formula is C22H27N5O2. The van der Waals surface area contributed by atoms with Crippen molar-refractivity contribution in [2.75, 3.05) is 11.9 Å². The van der Waals surface area contributed by atoms with E-state index in [1.54, 1.807) is 6.20 Å². The number of benzene rings is 1. The van der Waals surface area contributed by atoms with E-state index in [1.165, 1.54) is 0 Å². The molecule has 0 fully saturated rings. The SMILES string of the molecule is Cc1cccc(C)c1Nc1noc2c1CN(C(=O)CCCn1ccnc1C)CC2. The number of carbonyl (C=O) groups is 1. The summed E-state index contributed by atoms with van der Waals surface area (Å²) < 4.78 is 7.63. The number of aromatic nitrogens is 3. The van der Waals surface area contributed by atoms with Gasteiger partial charge in [0.05, 0.1) is 12.1 Å². The summed E-state index contributed by atoms with van der Waals surface area (Å²) in [5.41, 5.74) is 4.33. The first kappa shape index (κ1) is 19.2. The highest BCUT2D eigenvalue weighted by molar-refractivity contribution is 5.77. The number of amides is 1. The van der Waals surface area contributed by atoms with E-state index in [0.29, 0.717) is 31.7 Å². The van der Waals surface area contributed by atoms with Crippen LogP contribution in [0.3, 0.4) is 0 Å². The summed E-state index contributed by atoms with van der Waals surface area (Å²) in [4.78, 5) is 18.9. The number of rotatable bonds is 6. The topological polar surface area (TPSA) is 76.2 Å². The van der Waals surface area contributed by atoms with Gasteiger partial charge in [-0.1, -0.05) is 23.4 Å². The van der Waals surface area contributed by atoms with Gasteiger partial charge in [-0.05, 0) is 38.3 Å². The average Bonchev–Trinajstić information content (AvgIpc) is 3.30. The Morgan fingerprint density at radius 3 is 2.76 bits per heavy atom. The Kier molecular flexibility index (Phi) is 5.38. The molecule has 3 heterocycles. The van der Waals surface area contributed by atoms with Crippen LogP contribution in [-0.2, 0) is 24.3 Å². The van der Waals surface area contributed by atoms with Crippen molar-refractivity contribution < 1.29 is 9.32 Å². The molecule has 7 nitrogen and oxygen atoms in total. The fourth-order valence-corrected chi connectivity index (χ4v) is 3.85. The number of hydrogen-bond acceptors (Lipinski definition) is 5. The van der Waals surface area contributed by atoms with Crippen LogP contribution in [0.5, 0.6) is 0 Å². The average molecular weight is 393 g/mol. The van der Waals surface area contributed by atoms with Gasteiger partial charge in [0.25, 0.3) is 0 Å². The molecule has 1 aliphatic rings. The maximum absolute atomic E-state index is 12.8. The van der Waals surface area contributed by atoms with Crippen molar-refractivity contribution >= 4 is 17.4 Å². The van der Waals surface area contributed by atoms with E-state index >= 15 is 0 Å². The summed E-state index contributed by atoms with van der Waals surface area (Å²) in [7, 11) is 0. The second-order valence-electron chi connectivity index (χ2n) is 7.66. The summed E-state index contributed by atoms with van der Waals surface area (Å²) in [5.74, 6) is 2.74. The Bertz CT molecular complexity index is 1000. The Morgan fingerprint density at radius 2 is 2.03 bits per heavy atom. The summed E-state index contributed by atoms with van der Waals surface area (Å²) in [6.07, 6.45) is 5.77. The second kappa shape index (κ2) is 8.11. The number of nitrogens with zero attached hydrogens (tertiary/aromatic N) is 4. The van der Waals surface area contributed by atoms with E-state index in [9.17, 15) is 4.79 Å². The molecule has 0 aliphatic carbocycles. The molecule has 0 bridgehead atoms. The van der Waals surface area contributed by atoms with Crippen LogP contribution in [0, 0.1) is 20.8 Å². The molecule has 4 rings (SSSR count). The molecule has 2 aromatic heterocycles. The molecule has 1 aromatic carbocycles. The summed E-state index contributed by atoms with van der Waals surface area (Å²) in [5, 5.41) is 7.66. The van der Waals surface area contributed by atoms with Crippen LogP contribution in [0.4, 0.5) is 11.5 Å². The minimum atomic E-state index is 0.174. The van der Waals surface area contributed by atoms with Gasteiger partial charge >= 0.3 is 0 Å². The van der Waals surface area contributed by atoms with E-state index < -0.39 is 0 Å². The maximum Gasteiger partial charge on any atom is 0.222 e.